The smallest absolute Gasteiger partial charge is 0.273 e. The number of rotatable bonds is 6. The van der Waals surface area contributed by atoms with Crippen LogP contribution >= 0.6 is 11.3 Å². The summed E-state index contributed by atoms with van der Waals surface area (Å²) in [5.41, 5.74) is 2.15. The standard InChI is InChI=1S/C22H24N4O4S2/c1-16-6-5-7-18(23-16)12-17-13-26(10-11-30-14-17)21(27)20-15-31-22(24-20)25-32(28,29)19-8-3-2-4-9-19/h2-9,15,17H,10-14H2,1H3,(H,24,25). The normalized spacial score (nSPS) is 17.0. The summed E-state index contributed by atoms with van der Waals surface area (Å²) in [5.74, 6) is -0.121. The van der Waals surface area contributed by atoms with Crippen LogP contribution in [0, 0.1) is 12.8 Å². The average molecular weight is 473 g/mol. The molecule has 0 radical (unpaired) electrons. The van der Waals surface area contributed by atoms with Crippen LogP contribution in [0.25, 0.3) is 0 Å². The Balaban J connectivity index is 1.44. The van der Waals surface area contributed by atoms with E-state index in [9.17, 15) is 13.2 Å². The number of amides is 1. The van der Waals surface area contributed by atoms with Gasteiger partial charge in [-0.2, -0.15) is 0 Å². The minimum absolute atomic E-state index is 0.116. The van der Waals surface area contributed by atoms with Gasteiger partial charge in [-0.05, 0) is 37.6 Å². The molecule has 1 amide bonds. The number of carbonyl (C=O) groups excluding carboxylic acids is 1. The van der Waals surface area contributed by atoms with Gasteiger partial charge in [0.25, 0.3) is 15.9 Å². The van der Waals surface area contributed by atoms with Crippen LogP contribution in [-0.2, 0) is 21.2 Å². The lowest BCUT2D eigenvalue weighted by Gasteiger charge is -2.22. The maximum atomic E-state index is 13.1. The second kappa shape index (κ2) is 9.76. The van der Waals surface area contributed by atoms with Crippen molar-refractivity contribution in [3.05, 3.63) is 71.0 Å². The van der Waals surface area contributed by atoms with Crippen LogP contribution in [0.4, 0.5) is 5.13 Å². The number of nitrogens with zero attached hydrogens (tertiary/aromatic N) is 3. The van der Waals surface area contributed by atoms with E-state index < -0.39 is 10.0 Å². The van der Waals surface area contributed by atoms with Crippen molar-refractivity contribution in [3.63, 3.8) is 0 Å². The zero-order chi connectivity index (χ0) is 22.6. The third-order valence-corrected chi connectivity index (χ3v) is 7.31. The Hall–Kier alpha value is -2.82. The first kappa shape index (κ1) is 22.4. The monoisotopic (exact) mass is 472 g/mol. The number of nitrogens with one attached hydrogen (secondary N) is 1. The molecule has 168 valence electrons. The Morgan fingerprint density at radius 3 is 2.78 bits per heavy atom. The van der Waals surface area contributed by atoms with Crippen molar-refractivity contribution in [1.29, 1.82) is 0 Å². The largest absolute Gasteiger partial charge is 0.379 e. The SMILES string of the molecule is Cc1cccc(CC2COCCN(C(=O)c3csc(NS(=O)(=O)c4ccccc4)n3)C2)n1. The van der Waals surface area contributed by atoms with Crippen molar-refractivity contribution in [1.82, 2.24) is 14.9 Å². The topological polar surface area (TPSA) is 101 Å². The fourth-order valence-corrected chi connectivity index (χ4v) is 5.51. The van der Waals surface area contributed by atoms with Crippen LogP contribution in [0.2, 0.25) is 0 Å². The Morgan fingerprint density at radius 2 is 2.00 bits per heavy atom. The van der Waals surface area contributed by atoms with Crippen molar-refractivity contribution < 1.29 is 17.9 Å². The molecule has 1 saturated heterocycles. The Labute approximate surface area is 191 Å². The molecule has 8 nitrogen and oxygen atoms in total. The third-order valence-electron chi connectivity index (χ3n) is 5.07. The van der Waals surface area contributed by atoms with E-state index in [1.165, 1.54) is 12.1 Å². The molecule has 0 aliphatic carbocycles. The van der Waals surface area contributed by atoms with Crippen molar-refractivity contribution in [2.24, 2.45) is 5.92 Å². The lowest BCUT2D eigenvalue weighted by atomic mass is 10.0. The number of ether oxygens (including phenoxy) is 1. The second-order valence-corrected chi connectivity index (χ2v) is 10.2. The zero-order valence-corrected chi connectivity index (χ0v) is 19.2. The highest BCUT2D eigenvalue weighted by atomic mass is 32.2. The summed E-state index contributed by atoms with van der Waals surface area (Å²) in [6.07, 6.45) is 0.713. The molecule has 2 aromatic heterocycles. The zero-order valence-electron chi connectivity index (χ0n) is 17.6. The van der Waals surface area contributed by atoms with Gasteiger partial charge in [0.2, 0.25) is 0 Å². The number of hydrogen-bond acceptors (Lipinski definition) is 7. The van der Waals surface area contributed by atoms with E-state index in [0.717, 1.165) is 22.7 Å². The van der Waals surface area contributed by atoms with Gasteiger partial charge in [0.05, 0.1) is 18.1 Å². The van der Waals surface area contributed by atoms with E-state index in [1.807, 2.05) is 25.1 Å². The second-order valence-electron chi connectivity index (χ2n) is 7.62. The molecule has 1 aromatic carbocycles. The molecule has 0 saturated carbocycles. The number of aryl methyl sites for hydroxylation is 1. The van der Waals surface area contributed by atoms with Crippen LogP contribution in [-0.4, -0.2) is 55.5 Å². The molecule has 1 atom stereocenters. The molecule has 3 heterocycles. The molecular weight excluding hydrogens is 448 g/mol. The summed E-state index contributed by atoms with van der Waals surface area (Å²) in [7, 11) is -3.76. The highest BCUT2D eigenvalue weighted by molar-refractivity contribution is 7.93. The first-order valence-electron chi connectivity index (χ1n) is 10.2. The average Bonchev–Trinajstić information content (AvgIpc) is 3.10. The molecule has 1 unspecified atom stereocenters. The predicted molar refractivity (Wildman–Crippen MR) is 122 cm³/mol. The molecule has 10 heteroatoms. The summed E-state index contributed by atoms with van der Waals surface area (Å²) < 4.78 is 33.2. The minimum atomic E-state index is -3.76. The number of benzene rings is 1. The van der Waals surface area contributed by atoms with Crippen LogP contribution in [0.1, 0.15) is 21.9 Å². The first-order chi connectivity index (χ1) is 15.4. The van der Waals surface area contributed by atoms with E-state index in [0.29, 0.717) is 32.7 Å². The van der Waals surface area contributed by atoms with Crippen LogP contribution in [0.5, 0.6) is 0 Å². The lowest BCUT2D eigenvalue weighted by Crippen LogP contribution is -2.36. The van der Waals surface area contributed by atoms with Gasteiger partial charge in [0.1, 0.15) is 5.69 Å². The van der Waals surface area contributed by atoms with Crippen molar-refractivity contribution in [2.75, 3.05) is 31.0 Å². The Kier molecular flexibility index (Phi) is 6.83. The molecule has 4 rings (SSSR count). The van der Waals surface area contributed by atoms with Gasteiger partial charge in [0, 0.05) is 35.8 Å². The Morgan fingerprint density at radius 1 is 1.19 bits per heavy atom. The molecule has 1 N–H and O–H groups in total. The van der Waals surface area contributed by atoms with E-state index in [1.54, 1.807) is 28.5 Å². The van der Waals surface area contributed by atoms with Crippen molar-refractivity contribution in [2.45, 2.75) is 18.2 Å². The molecule has 32 heavy (non-hydrogen) atoms. The minimum Gasteiger partial charge on any atom is -0.379 e. The maximum Gasteiger partial charge on any atom is 0.273 e. The summed E-state index contributed by atoms with van der Waals surface area (Å²) in [5, 5.41) is 1.73. The van der Waals surface area contributed by atoms with Crippen LogP contribution in [0.3, 0.4) is 0 Å². The molecule has 1 fully saturated rings. The molecule has 0 bridgehead atoms. The van der Waals surface area contributed by atoms with E-state index in [4.69, 9.17) is 4.74 Å². The fourth-order valence-electron chi connectivity index (χ4n) is 3.55. The number of carbonyl (C=O) groups is 1. The van der Waals surface area contributed by atoms with Gasteiger partial charge in [-0.25, -0.2) is 13.4 Å². The van der Waals surface area contributed by atoms with E-state index in [2.05, 4.69) is 14.7 Å². The van der Waals surface area contributed by atoms with Crippen LogP contribution in [0.15, 0.2) is 58.8 Å². The summed E-state index contributed by atoms with van der Waals surface area (Å²) in [6.45, 7) is 3.94. The van der Waals surface area contributed by atoms with Crippen molar-refractivity contribution in [3.8, 4) is 0 Å². The van der Waals surface area contributed by atoms with Gasteiger partial charge < -0.3 is 9.64 Å². The maximum absolute atomic E-state index is 13.1. The van der Waals surface area contributed by atoms with Gasteiger partial charge in [-0.1, -0.05) is 24.3 Å². The van der Waals surface area contributed by atoms with Crippen LogP contribution < -0.4 is 4.72 Å². The molecular formula is C22H24N4O4S2. The predicted octanol–water partition coefficient (Wildman–Crippen LogP) is 2.98. The summed E-state index contributed by atoms with van der Waals surface area (Å²) in [4.78, 5) is 23.7. The fraction of sp³-hybridized carbons (Fsp3) is 0.318. The first-order valence-corrected chi connectivity index (χ1v) is 12.6. The highest BCUT2D eigenvalue weighted by Crippen LogP contribution is 2.22. The van der Waals surface area contributed by atoms with Gasteiger partial charge in [-0.3, -0.25) is 14.5 Å². The molecule has 3 aromatic rings. The summed E-state index contributed by atoms with van der Waals surface area (Å²) >= 11 is 1.08. The number of aromatic nitrogens is 2. The quantitative estimate of drug-likeness (QED) is 0.592. The number of hydrogen-bond donors (Lipinski definition) is 1. The lowest BCUT2D eigenvalue weighted by molar-refractivity contribution is 0.0732. The molecule has 0 spiro atoms. The molecule has 1 aliphatic rings. The van der Waals surface area contributed by atoms with Gasteiger partial charge >= 0.3 is 0 Å². The third kappa shape index (κ3) is 5.50. The van der Waals surface area contributed by atoms with E-state index >= 15 is 0 Å². The van der Waals surface area contributed by atoms with Gasteiger partial charge in [-0.15, -0.1) is 11.3 Å². The highest BCUT2D eigenvalue weighted by Gasteiger charge is 2.26. The van der Waals surface area contributed by atoms with Crippen molar-refractivity contribution >= 4 is 32.4 Å². The number of anilines is 1. The Bertz CT molecular complexity index is 1180. The molecule has 1 aliphatic heterocycles. The number of pyridine rings is 1. The van der Waals surface area contributed by atoms with Gasteiger partial charge in [0.15, 0.2) is 5.13 Å². The summed E-state index contributed by atoms with van der Waals surface area (Å²) in [6, 6.07) is 14.0. The number of sulfonamides is 1. The van der Waals surface area contributed by atoms with E-state index in [-0.39, 0.29) is 27.5 Å². The number of thiazole rings is 1.